The summed E-state index contributed by atoms with van der Waals surface area (Å²) in [5.41, 5.74) is 3.81. The maximum atomic E-state index is 6.12. The molecule has 4 heteroatoms. The zero-order valence-electron chi connectivity index (χ0n) is 10.4. The van der Waals surface area contributed by atoms with E-state index in [-0.39, 0.29) is 0 Å². The summed E-state index contributed by atoms with van der Waals surface area (Å²) in [6.07, 6.45) is 5.00. The number of halogens is 2. The highest BCUT2D eigenvalue weighted by Crippen LogP contribution is 2.27. The summed E-state index contributed by atoms with van der Waals surface area (Å²) in [6, 6.07) is 11.1. The molecule has 0 bridgehead atoms. The average molecular weight is 338 g/mol. The third kappa shape index (κ3) is 2.93. The Hall–Kier alpha value is -1.06. The van der Waals surface area contributed by atoms with Crippen LogP contribution in [0.5, 0.6) is 0 Å². The molecule has 0 saturated carbocycles. The second kappa shape index (κ2) is 5.51. The van der Waals surface area contributed by atoms with Crippen LogP contribution in [0.4, 0.5) is 5.69 Å². The predicted molar refractivity (Wildman–Crippen MR) is 82.8 cm³/mol. The van der Waals surface area contributed by atoms with Gasteiger partial charge in [-0.15, -0.1) is 0 Å². The van der Waals surface area contributed by atoms with Gasteiger partial charge in [-0.3, -0.25) is 0 Å². The van der Waals surface area contributed by atoms with Gasteiger partial charge in [0.25, 0.3) is 0 Å². The second-order valence-electron chi connectivity index (χ2n) is 4.84. The molecule has 1 aromatic carbocycles. The monoisotopic (exact) mass is 336 g/mol. The molecule has 2 nitrogen and oxygen atoms in total. The fraction of sp³-hybridized carbons (Fsp3) is 0.267. The quantitative estimate of drug-likeness (QED) is 0.818. The molecule has 0 aliphatic heterocycles. The van der Waals surface area contributed by atoms with Crippen LogP contribution in [-0.2, 0) is 12.8 Å². The standard InChI is InChI=1S/C15H14BrClN2/c16-12-8-14(15(17)18-9-12)19-13-6-5-10-3-1-2-4-11(10)7-13/h1-4,8-9,13,19H,5-7H2. The summed E-state index contributed by atoms with van der Waals surface area (Å²) < 4.78 is 0.940. The Kier molecular flexibility index (Phi) is 3.76. The molecule has 0 saturated heterocycles. The van der Waals surface area contributed by atoms with Crippen molar-refractivity contribution in [2.45, 2.75) is 25.3 Å². The fourth-order valence-corrected chi connectivity index (χ4v) is 3.05. The number of nitrogens with zero attached hydrogens (tertiary/aromatic N) is 1. The smallest absolute Gasteiger partial charge is 0.152 e. The molecule has 1 unspecified atom stereocenters. The maximum absolute atomic E-state index is 6.12. The molecule has 19 heavy (non-hydrogen) atoms. The van der Waals surface area contributed by atoms with Crippen LogP contribution in [0, 0.1) is 0 Å². The number of aryl methyl sites for hydroxylation is 1. The van der Waals surface area contributed by atoms with E-state index >= 15 is 0 Å². The van der Waals surface area contributed by atoms with E-state index in [0.29, 0.717) is 11.2 Å². The van der Waals surface area contributed by atoms with Gasteiger partial charge in [0.15, 0.2) is 5.15 Å². The number of benzene rings is 1. The number of fused-ring (bicyclic) bond motifs is 1. The number of nitrogens with one attached hydrogen (secondary N) is 1. The molecule has 3 rings (SSSR count). The highest BCUT2D eigenvalue weighted by atomic mass is 79.9. The minimum absolute atomic E-state index is 0.420. The van der Waals surface area contributed by atoms with Crippen LogP contribution in [0.25, 0.3) is 0 Å². The molecule has 1 atom stereocenters. The normalized spacial score (nSPS) is 17.9. The van der Waals surface area contributed by atoms with Crippen molar-refractivity contribution >= 4 is 33.2 Å². The minimum atomic E-state index is 0.420. The van der Waals surface area contributed by atoms with E-state index in [2.05, 4.69) is 50.5 Å². The Balaban J connectivity index is 1.77. The molecule has 1 aliphatic rings. The molecular weight excluding hydrogens is 324 g/mol. The van der Waals surface area contributed by atoms with Crippen LogP contribution in [0.1, 0.15) is 17.5 Å². The zero-order chi connectivity index (χ0) is 13.2. The lowest BCUT2D eigenvalue weighted by Gasteiger charge is -2.26. The first-order valence-corrected chi connectivity index (χ1v) is 7.54. The Morgan fingerprint density at radius 3 is 2.89 bits per heavy atom. The zero-order valence-corrected chi connectivity index (χ0v) is 12.7. The third-order valence-corrected chi connectivity index (χ3v) is 4.25. The van der Waals surface area contributed by atoms with Gasteiger partial charge in [-0.1, -0.05) is 35.9 Å². The van der Waals surface area contributed by atoms with E-state index < -0.39 is 0 Å². The Morgan fingerprint density at radius 1 is 1.26 bits per heavy atom. The molecule has 1 aromatic heterocycles. The van der Waals surface area contributed by atoms with Crippen LogP contribution < -0.4 is 5.32 Å². The van der Waals surface area contributed by atoms with Gasteiger partial charge in [-0.25, -0.2) is 4.98 Å². The van der Waals surface area contributed by atoms with Crippen molar-refractivity contribution in [1.82, 2.24) is 4.98 Å². The van der Waals surface area contributed by atoms with Gasteiger partial charge in [0.1, 0.15) is 0 Å². The molecule has 0 spiro atoms. The molecule has 0 fully saturated rings. The number of rotatable bonds is 2. The van der Waals surface area contributed by atoms with E-state index in [1.165, 1.54) is 11.1 Å². The van der Waals surface area contributed by atoms with Gasteiger partial charge in [0.05, 0.1) is 5.69 Å². The number of aromatic nitrogens is 1. The van der Waals surface area contributed by atoms with Gasteiger partial charge < -0.3 is 5.32 Å². The lowest BCUT2D eigenvalue weighted by molar-refractivity contribution is 0.610. The molecule has 1 aliphatic carbocycles. The van der Waals surface area contributed by atoms with Crippen molar-refractivity contribution < 1.29 is 0 Å². The minimum Gasteiger partial charge on any atom is -0.379 e. The van der Waals surface area contributed by atoms with Crippen LogP contribution in [0.2, 0.25) is 5.15 Å². The van der Waals surface area contributed by atoms with Crippen molar-refractivity contribution in [3.8, 4) is 0 Å². The number of hydrogen-bond donors (Lipinski definition) is 1. The van der Waals surface area contributed by atoms with Crippen LogP contribution in [-0.4, -0.2) is 11.0 Å². The summed E-state index contributed by atoms with van der Waals surface area (Å²) in [7, 11) is 0. The van der Waals surface area contributed by atoms with Crippen LogP contribution >= 0.6 is 27.5 Å². The lowest BCUT2D eigenvalue weighted by Crippen LogP contribution is -2.27. The van der Waals surface area contributed by atoms with Crippen molar-refractivity contribution in [2.24, 2.45) is 0 Å². The topological polar surface area (TPSA) is 24.9 Å². The first kappa shape index (κ1) is 12.9. The summed E-state index contributed by atoms with van der Waals surface area (Å²) in [4.78, 5) is 4.14. The lowest BCUT2D eigenvalue weighted by atomic mass is 9.88. The van der Waals surface area contributed by atoms with E-state index in [1.54, 1.807) is 6.20 Å². The highest BCUT2D eigenvalue weighted by molar-refractivity contribution is 9.10. The number of pyridine rings is 1. The van der Waals surface area contributed by atoms with Gasteiger partial charge in [-0.2, -0.15) is 0 Å². The SMILES string of the molecule is Clc1ncc(Br)cc1NC1CCc2ccccc2C1. The summed E-state index contributed by atoms with van der Waals surface area (Å²) in [5, 5.41) is 4.04. The third-order valence-electron chi connectivity index (χ3n) is 3.51. The number of anilines is 1. The maximum Gasteiger partial charge on any atom is 0.152 e. The Labute approximate surface area is 126 Å². The molecular formula is C15H14BrClN2. The van der Waals surface area contributed by atoms with E-state index in [1.807, 2.05) is 6.07 Å². The first-order chi connectivity index (χ1) is 9.22. The number of hydrogen-bond acceptors (Lipinski definition) is 2. The Bertz CT molecular complexity index is 600. The van der Waals surface area contributed by atoms with E-state index in [9.17, 15) is 0 Å². The second-order valence-corrected chi connectivity index (χ2v) is 6.12. The summed E-state index contributed by atoms with van der Waals surface area (Å²) >= 11 is 9.55. The summed E-state index contributed by atoms with van der Waals surface area (Å²) in [5.74, 6) is 0. The molecule has 0 radical (unpaired) electrons. The largest absolute Gasteiger partial charge is 0.379 e. The molecule has 98 valence electrons. The molecule has 1 heterocycles. The van der Waals surface area contributed by atoms with Crippen molar-refractivity contribution in [3.63, 3.8) is 0 Å². The van der Waals surface area contributed by atoms with Gasteiger partial charge in [0, 0.05) is 16.7 Å². The summed E-state index contributed by atoms with van der Waals surface area (Å²) in [6.45, 7) is 0. The van der Waals surface area contributed by atoms with E-state index in [0.717, 1.165) is 29.4 Å². The average Bonchev–Trinajstić information content (AvgIpc) is 2.43. The Morgan fingerprint density at radius 2 is 2.05 bits per heavy atom. The van der Waals surface area contributed by atoms with Crippen molar-refractivity contribution in [3.05, 3.63) is 57.3 Å². The molecule has 0 amide bonds. The van der Waals surface area contributed by atoms with Gasteiger partial charge >= 0.3 is 0 Å². The van der Waals surface area contributed by atoms with Crippen molar-refractivity contribution in [1.29, 1.82) is 0 Å². The molecule has 2 aromatic rings. The molecule has 1 N–H and O–H groups in total. The van der Waals surface area contributed by atoms with E-state index in [4.69, 9.17) is 11.6 Å². The van der Waals surface area contributed by atoms with Crippen molar-refractivity contribution in [2.75, 3.05) is 5.32 Å². The highest BCUT2D eigenvalue weighted by Gasteiger charge is 2.18. The van der Waals surface area contributed by atoms with Gasteiger partial charge in [-0.05, 0) is 52.4 Å². The first-order valence-electron chi connectivity index (χ1n) is 6.37. The fourth-order valence-electron chi connectivity index (χ4n) is 2.56. The van der Waals surface area contributed by atoms with Gasteiger partial charge in [0.2, 0.25) is 0 Å². The predicted octanol–water partition coefficient (Wildman–Crippen LogP) is 4.47. The van der Waals surface area contributed by atoms with Crippen LogP contribution in [0.15, 0.2) is 41.0 Å². The van der Waals surface area contributed by atoms with Crippen LogP contribution in [0.3, 0.4) is 0 Å².